The number of rotatable bonds is 9. The van der Waals surface area contributed by atoms with Gasteiger partial charge in [-0.1, -0.05) is 44.4 Å². The highest BCUT2D eigenvalue weighted by Gasteiger charge is 2.34. The first-order valence-electron chi connectivity index (χ1n) is 6.69. The minimum atomic E-state index is -3.25. The third-order valence-electron chi connectivity index (χ3n) is 2.93. The van der Waals surface area contributed by atoms with E-state index in [-0.39, 0.29) is 12.5 Å². The van der Waals surface area contributed by atoms with Gasteiger partial charge in [-0.25, -0.2) is 0 Å². The minimum Gasteiger partial charge on any atom is -0.383 e. The minimum absolute atomic E-state index is 0.179. The van der Waals surface area contributed by atoms with E-state index in [1.165, 1.54) is 0 Å². The molecule has 108 valence electrons. The second kappa shape index (κ2) is 8.76. The molecule has 0 aliphatic carbocycles. The molecule has 0 amide bonds. The van der Waals surface area contributed by atoms with E-state index in [9.17, 15) is 9.67 Å². The number of hydrogen-bond acceptors (Lipinski definition) is 3. The molecule has 0 aliphatic rings. The van der Waals surface area contributed by atoms with Crippen molar-refractivity contribution in [3.8, 4) is 0 Å². The lowest BCUT2D eigenvalue weighted by Crippen LogP contribution is -2.20. The van der Waals surface area contributed by atoms with E-state index in [0.717, 1.165) is 19.3 Å². The van der Waals surface area contributed by atoms with Crippen LogP contribution in [0.3, 0.4) is 0 Å². The maximum atomic E-state index is 12.9. The normalized spacial score (nSPS) is 15.9. The predicted octanol–water partition coefficient (Wildman–Crippen LogP) is 3.74. The molecule has 1 rings (SSSR count). The number of aliphatic hydroxyl groups is 1. The molecule has 1 aromatic rings. The van der Waals surface area contributed by atoms with Gasteiger partial charge in [-0.3, -0.25) is 4.57 Å². The average molecular weight is 305 g/mol. The van der Waals surface area contributed by atoms with Gasteiger partial charge in [0, 0.05) is 11.2 Å². The monoisotopic (exact) mass is 304 g/mol. The molecule has 0 aromatic heterocycles. The number of halogens is 1. The molecular weight excluding hydrogens is 283 g/mol. The molecule has 0 radical (unpaired) electrons. The molecule has 1 aromatic carbocycles. The maximum absolute atomic E-state index is 12.9. The van der Waals surface area contributed by atoms with E-state index < -0.39 is 13.2 Å². The number of benzene rings is 1. The fourth-order valence-electron chi connectivity index (χ4n) is 1.89. The Morgan fingerprint density at radius 2 is 2.00 bits per heavy atom. The quantitative estimate of drug-likeness (QED) is 0.429. The first kappa shape index (κ1) is 16.7. The summed E-state index contributed by atoms with van der Waals surface area (Å²) in [6, 6.07) is 8.91. The van der Waals surface area contributed by atoms with Crippen molar-refractivity contribution in [2.24, 2.45) is 0 Å². The first-order chi connectivity index (χ1) is 9.15. The predicted molar refractivity (Wildman–Crippen MR) is 80.5 cm³/mol. The molecule has 3 nitrogen and oxygen atoms in total. The molecule has 0 bridgehead atoms. The van der Waals surface area contributed by atoms with Crippen LogP contribution in [0.25, 0.3) is 0 Å². The van der Waals surface area contributed by atoms with Gasteiger partial charge < -0.3 is 9.63 Å². The highest BCUT2D eigenvalue weighted by Crippen LogP contribution is 2.51. The summed E-state index contributed by atoms with van der Waals surface area (Å²) in [5, 5.41) is 10.8. The summed E-state index contributed by atoms with van der Waals surface area (Å²) in [4.78, 5) is 0. The van der Waals surface area contributed by atoms with Gasteiger partial charge in [0.1, 0.15) is 5.85 Å². The van der Waals surface area contributed by atoms with Crippen molar-refractivity contribution in [2.75, 3.05) is 12.5 Å². The Labute approximate surface area is 120 Å². The molecule has 0 fully saturated rings. The zero-order chi connectivity index (χ0) is 14.1. The Kier molecular flexibility index (Phi) is 7.70. The molecule has 0 heterocycles. The SMILES string of the molecule is CCCCCC(O)P(=O)(OCCCl)c1ccccc1. The van der Waals surface area contributed by atoms with Crippen LogP contribution in [0.15, 0.2) is 30.3 Å². The summed E-state index contributed by atoms with van der Waals surface area (Å²) < 4.78 is 18.4. The van der Waals surface area contributed by atoms with Crippen LogP contribution in [0.4, 0.5) is 0 Å². The molecule has 5 heteroatoms. The lowest BCUT2D eigenvalue weighted by Gasteiger charge is -2.23. The third-order valence-corrected chi connectivity index (χ3v) is 5.72. The van der Waals surface area contributed by atoms with Crippen LogP contribution in [0.2, 0.25) is 0 Å². The van der Waals surface area contributed by atoms with Crippen molar-refractivity contribution in [3.63, 3.8) is 0 Å². The van der Waals surface area contributed by atoms with Crippen molar-refractivity contribution in [1.82, 2.24) is 0 Å². The summed E-state index contributed by atoms with van der Waals surface area (Å²) in [5.74, 6) is -0.692. The lowest BCUT2D eigenvalue weighted by molar-refractivity contribution is 0.203. The van der Waals surface area contributed by atoms with Crippen LogP contribution in [0.5, 0.6) is 0 Å². The van der Waals surface area contributed by atoms with Gasteiger partial charge in [0.15, 0.2) is 0 Å². The second-order valence-electron chi connectivity index (χ2n) is 4.43. The fraction of sp³-hybridized carbons (Fsp3) is 0.571. The van der Waals surface area contributed by atoms with E-state index in [2.05, 4.69) is 6.92 Å². The van der Waals surface area contributed by atoms with Gasteiger partial charge in [0.25, 0.3) is 7.37 Å². The van der Waals surface area contributed by atoms with Crippen LogP contribution in [-0.2, 0) is 9.09 Å². The molecule has 0 saturated carbocycles. The van der Waals surface area contributed by atoms with Gasteiger partial charge >= 0.3 is 0 Å². The van der Waals surface area contributed by atoms with E-state index in [1.54, 1.807) is 24.3 Å². The Hall–Kier alpha value is -0.340. The summed E-state index contributed by atoms with van der Waals surface area (Å²) in [5.41, 5.74) is 0. The summed E-state index contributed by atoms with van der Waals surface area (Å²) in [6.07, 6.45) is 3.41. The summed E-state index contributed by atoms with van der Waals surface area (Å²) in [6.45, 7) is 2.27. The molecule has 1 N–H and O–H groups in total. The number of alkyl halides is 1. The highest BCUT2D eigenvalue weighted by atomic mass is 35.5. The van der Waals surface area contributed by atoms with Crippen molar-refractivity contribution in [1.29, 1.82) is 0 Å². The van der Waals surface area contributed by atoms with E-state index in [4.69, 9.17) is 16.1 Å². The van der Waals surface area contributed by atoms with E-state index in [0.29, 0.717) is 11.7 Å². The first-order valence-corrected chi connectivity index (χ1v) is 8.92. The zero-order valence-corrected chi connectivity index (χ0v) is 12.9. The van der Waals surface area contributed by atoms with Gasteiger partial charge in [-0.05, 0) is 18.6 Å². The van der Waals surface area contributed by atoms with Gasteiger partial charge in [0.2, 0.25) is 0 Å². The van der Waals surface area contributed by atoms with Crippen LogP contribution in [0.1, 0.15) is 32.6 Å². The van der Waals surface area contributed by atoms with Crippen LogP contribution in [0, 0.1) is 0 Å². The Balaban J connectivity index is 2.83. The Morgan fingerprint density at radius 1 is 1.32 bits per heavy atom. The molecule has 0 saturated heterocycles. The molecule has 2 unspecified atom stereocenters. The molecule has 0 aliphatic heterocycles. The van der Waals surface area contributed by atoms with Crippen molar-refractivity contribution >= 4 is 24.3 Å². The summed E-state index contributed by atoms with van der Waals surface area (Å²) >= 11 is 5.60. The highest BCUT2D eigenvalue weighted by molar-refractivity contribution is 7.67. The summed E-state index contributed by atoms with van der Waals surface area (Å²) in [7, 11) is -3.25. The van der Waals surface area contributed by atoms with Gasteiger partial charge in [-0.15, -0.1) is 11.6 Å². The third kappa shape index (κ3) is 4.92. The number of aliphatic hydroxyl groups excluding tert-OH is 1. The van der Waals surface area contributed by atoms with Crippen LogP contribution in [-0.4, -0.2) is 23.4 Å². The zero-order valence-electron chi connectivity index (χ0n) is 11.3. The van der Waals surface area contributed by atoms with Crippen molar-refractivity contribution < 1.29 is 14.2 Å². The van der Waals surface area contributed by atoms with E-state index >= 15 is 0 Å². The second-order valence-corrected chi connectivity index (χ2v) is 7.37. The van der Waals surface area contributed by atoms with Gasteiger partial charge in [-0.2, -0.15) is 0 Å². The molecular formula is C14H22ClO3P. The van der Waals surface area contributed by atoms with Crippen molar-refractivity contribution in [3.05, 3.63) is 30.3 Å². The number of unbranched alkanes of at least 4 members (excludes halogenated alkanes) is 2. The average Bonchev–Trinajstić information content (AvgIpc) is 2.45. The molecule has 0 spiro atoms. The molecule has 2 atom stereocenters. The lowest BCUT2D eigenvalue weighted by atomic mass is 10.2. The van der Waals surface area contributed by atoms with Crippen LogP contribution >= 0.6 is 19.0 Å². The topological polar surface area (TPSA) is 46.5 Å². The van der Waals surface area contributed by atoms with Crippen LogP contribution < -0.4 is 5.30 Å². The van der Waals surface area contributed by atoms with E-state index in [1.807, 2.05) is 6.07 Å². The standard InChI is InChI=1S/C14H22ClO3P/c1-2-3-5-10-14(16)19(17,18-12-11-15)13-8-6-4-7-9-13/h4,6-9,14,16H,2-3,5,10-12H2,1H3. The number of hydrogen-bond donors (Lipinski definition) is 1. The van der Waals surface area contributed by atoms with Crippen molar-refractivity contribution in [2.45, 2.75) is 38.5 Å². The van der Waals surface area contributed by atoms with Gasteiger partial charge in [0.05, 0.1) is 6.61 Å². The largest absolute Gasteiger partial charge is 0.383 e. The Bertz CT molecular complexity index is 397. The molecule has 19 heavy (non-hydrogen) atoms. The Morgan fingerprint density at radius 3 is 2.58 bits per heavy atom. The fourth-order valence-corrected chi connectivity index (χ4v) is 4.21. The maximum Gasteiger partial charge on any atom is 0.259 e. The smallest absolute Gasteiger partial charge is 0.259 e.